The summed E-state index contributed by atoms with van der Waals surface area (Å²) in [5, 5.41) is 3.01. The van der Waals surface area contributed by atoms with E-state index in [0.29, 0.717) is 6.54 Å². The second kappa shape index (κ2) is 6.23. The van der Waals surface area contributed by atoms with Gasteiger partial charge in [0.1, 0.15) is 5.01 Å². The van der Waals surface area contributed by atoms with Crippen LogP contribution in [0.15, 0.2) is 52.3 Å². The van der Waals surface area contributed by atoms with E-state index in [4.69, 9.17) is 4.98 Å². The van der Waals surface area contributed by atoms with Crippen LogP contribution in [0.25, 0.3) is 21.8 Å². The molecular formula is C18H15BrN2O2S2. The molecule has 0 unspecified atom stereocenters. The number of benzene rings is 2. The first-order chi connectivity index (χ1) is 11.9. The molecule has 0 spiro atoms. The predicted octanol–water partition coefficient (Wildman–Crippen LogP) is 4.56. The molecule has 2 aromatic carbocycles. The van der Waals surface area contributed by atoms with Crippen LogP contribution in [-0.4, -0.2) is 26.2 Å². The molecular weight excluding hydrogens is 420 g/mol. The summed E-state index contributed by atoms with van der Waals surface area (Å²) in [6.07, 6.45) is 1.99. The summed E-state index contributed by atoms with van der Waals surface area (Å²) < 4.78 is 26.2. The molecule has 25 heavy (non-hydrogen) atoms. The van der Waals surface area contributed by atoms with E-state index in [1.54, 1.807) is 11.3 Å². The third-order valence-corrected chi connectivity index (χ3v) is 6.77. The van der Waals surface area contributed by atoms with Gasteiger partial charge in [0, 0.05) is 27.5 Å². The Kier molecular flexibility index (Phi) is 4.17. The molecule has 0 amide bonds. The molecule has 1 aliphatic rings. The van der Waals surface area contributed by atoms with Crippen LogP contribution in [0.1, 0.15) is 5.56 Å². The van der Waals surface area contributed by atoms with Crippen molar-refractivity contribution in [2.24, 2.45) is 0 Å². The van der Waals surface area contributed by atoms with E-state index in [1.807, 2.05) is 35.7 Å². The summed E-state index contributed by atoms with van der Waals surface area (Å²) in [4.78, 5) is 4.75. The average molecular weight is 435 g/mol. The van der Waals surface area contributed by atoms with Crippen LogP contribution in [0.5, 0.6) is 0 Å². The largest absolute Gasteiger partial charge is 0.270 e. The molecule has 0 radical (unpaired) electrons. The number of rotatable bonds is 3. The van der Waals surface area contributed by atoms with E-state index in [-0.39, 0.29) is 0 Å². The quantitative estimate of drug-likeness (QED) is 0.606. The SMILES string of the molecule is CS(=O)(=O)N1CCc2cc(-c3csc(-c4cccc(Br)c4)n3)ccc21. The van der Waals surface area contributed by atoms with Crippen molar-refractivity contribution in [2.45, 2.75) is 6.42 Å². The van der Waals surface area contributed by atoms with Crippen LogP contribution in [-0.2, 0) is 16.4 Å². The van der Waals surface area contributed by atoms with Gasteiger partial charge in [-0.05, 0) is 36.2 Å². The Balaban J connectivity index is 1.68. The van der Waals surface area contributed by atoms with Crippen molar-refractivity contribution in [3.05, 3.63) is 57.9 Å². The molecule has 4 rings (SSSR count). The van der Waals surface area contributed by atoms with E-state index in [9.17, 15) is 8.42 Å². The number of thiazole rings is 1. The van der Waals surface area contributed by atoms with Crippen LogP contribution in [0, 0.1) is 0 Å². The lowest BCUT2D eigenvalue weighted by Gasteiger charge is -2.16. The van der Waals surface area contributed by atoms with E-state index in [0.717, 1.165) is 44.0 Å². The van der Waals surface area contributed by atoms with Gasteiger partial charge in [0.15, 0.2) is 0 Å². The van der Waals surface area contributed by atoms with Gasteiger partial charge in [-0.2, -0.15) is 0 Å². The number of aromatic nitrogens is 1. The molecule has 0 aliphatic carbocycles. The highest BCUT2D eigenvalue weighted by Gasteiger charge is 2.26. The van der Waals surface area contributed by atoms with Crippen molar-refractivity contribution in [1.29, 1.82) is 0 Å². The molecule has 0 N–H and O–H groups in total. The van der Waals surface area contributed by atoms with E-state index in [1.165, 1.54) is 10.6 Å². The lowest BCUT2D eigenvalue weighted by Crippen LogP contribution is -2.27. The molecule has 0 saturated carbocycles. The number of halogens is 1. The maximum atomic E-state index is 11.9. The number of hydrogen-bond acceptors (Lipinski definition) is 4. The Morgan fingerprint density at radius 1 is 1.16 bits per heavy atom. The molecule has 0 saturated heterocycles. The first-order valence-electron chi connectivity index (χ1n) is 7.74. The summed E-state index contributed by atoms with van der Waals surface area (Å²) in [7, 11) is -3.21. The van der Waals surface area contributed by atoms with Crippen molar-refractivity contribution in [2.75, 3.05) is 17.1 Å². The number of anilines is 1. The first-order valence-corrected chi connectivity index (χ1v) is 11.3. The lowest BCUT2D eigenvalue weighted by molar-refractivity contribution is 0.598. The van der Waals surface area contributed by atoms with Gasteiger partial charge in [-0.25, -0.2) is 13.4 Å². The Hall–Kier alpha value is -1.70. The van der Waals surface area contributed by atoms with Crippen LogP contribution in [0.4, 0.5) is 5.69 Å². The van der Waals surface area contributed by atoms with E-state index < -0.39 is 10.0 Å². The van der Waals surface area contributed by atoms with E-state index in [2.05, 4.69) is 28.1 Å². The summed E-state index contributed by atoms with van der Waals surface area (Å²) >= 11 is 5.10. The third kappa shape index (κ3) is 3.23. The summed E-state index contributed by atoms with van der Waals surface area (Å²) in [5.74, 6) is 0. The van der Waals surface area contributed by atoms with Crippen molar-refractivity contribution >= 4 is 43.0 Å². The van der Waals surface area contributed by atoms with Crippen LogP contribution in [0.3, 0.4) is 0 Å². The predicted molar refractivity (Wildman–Crippen MR) is 107 cm³/mol. The van der Waals surface area contributed by atoms with Gasteiger partial charge in [0.2, 0.25) is 10.0 Å². The zero-order valence-corrected chi connectivity index (χ0v) is 16.7. The third-order valence-electron chi connectivity index (χ3n) is 4.20. The average Bonchev–Trinajstić information content (AvgIpc) is 3.21. The minimum atomic E-state index is -3.21. The Bertz CT molecular complexity index is 1060. The van der Waals surface area contributed by atoms with Gasteiger partial charge < -0.3 is 0 Å². The molecule has 1 aromatic heterocycles. The van der Waals surface area contributed by atoms with Crippen molar-refractivity contribution in [3.8, 4) is 21.8 Å². The molecule has 128 valence electrons. The molecule has 0 bridgehead atoms. The van der Waals surface area contributed by atoms with Gasteiger partial charge in [0.05, 0.1) is 17.6 Å². The van der Waals surface area contributed by atoms with Crippen LogP contribution < -0.4 is 4.31 Å². The van der Waals surface area contributed by atoms with Crippen molar-refractivity contribution in [3.63, 3.8) is 0 Å². The molecule has 1 aliphatic heterocycles. The molecule has 2 heterocycles. The smallest absolute Gasteiger partial charge is 0.232 e. The lowest BCUT2D eigenvalue weighted by atomic mass is 10.1. The molecule has 0 atom stereocenters. The Morgan fingerprint density at radius 2 is 2.00 bits per heavy atom. The van der Waals surface area contributed by atoms with Gasteiger partial charge in [-0.1, -0.05) is 34.1 Å². The van der Waals surface area contributed by atoms with Crippen LogP contribution in [0.2, 0.25) is 0 Å². The van der Waals surface area contributed by atoms with Gasteiger partial charge in [-0.15, -0.1) is 11.3 Å². The number of nitrogens with zero attached hydrogens (tertiary/aromatic N) is 2. The monoisotopic (exact) mass is 434 g/mol. The standard InChI is InChI=1S/C18H15BrN2O2S2/c1-25(22,23)21-8-7-13-9-12(5-6-17(13)21)16-11-24-18(20-16)14-3-2-4-15(19)10-14/h2-6,9-11H,7-8H2,1H3. The van der Waals surface area contributed by atoms with Crippen LogP contribution >= 0.6 is 27.3 Å². The fraction of sp³-hybridized carbons (Fsp3) is 0.167. The molecule has 4 nitrogen and oxygen atoms in total. The second-order valence-electron chi connectivity index (χ2n) is 5.98. The van der Waals surface area contributed by atoms with Crippen molar-refractivity contribution < 1.29 is 8.42 Å². The van der Waals surface area contributed by atoms with Gasteiger partial charge in [0.25, 0.3) is 0 Å². The minimum absolute atomic E-state index is 0.512. The first kappa shape index (κ1) is 16.8. The summed E-state index contributed by atoms with van der Waals surface area (Å²) in [6.45, 7) is 0.512. The fourth-order valence-electron chi connectivity index (χ4n) is 3.04. The molecule has 3 aromatic rings. The fourth-order valence-corrected chi connectivity index (χ4v) is 5.22. The normalized spacial score (nSPS) is 13.9. The topological polar surface area (TPSA) is 50.3 Å². The summed E-state index contributed by atoms with van der Waals surface area (Å²) in [6, 6.07) is 14.0. The second-order valence-corrected chi connectivity index (χ2v) is 9.66. The highest BCUT2D eigenvalue weighted by Crippen LogP contribution is 2.35. The molecule has 0 fully saturated rings. The maximum Gasteiger partial charge on any atom is 0.232 e. The maximum absolute atomic E-state index is 11.9. The van der Waals surface area contributed by atoms with E-state index >= 15 is 0 Å². The number of fused-ring (bicyclic) bond motifs is 1. The van der Waals surface area contributed by atoms with Gasteiger partial charge in [-0.3, -0.25) is 4.31 Å². The van der Waals surface area contributed by atoms with Crippen molar-refractivity contribution in [1.82, 2.24) is 4.98 Å². The highest BCUT2D eigenvalue weighted by atomic mass is 79.9. The Morgan fingerprint density at radius 3 is 2.76 bits per heavy atom. The summed E-state index contributed by atoms with van der Waals surface area (Å²) in [5.41, 5.74) is 4.86. The zero-order chi connectivity index (χ0) is 17.6. The zero-order valence-electron chi connectivity index (χ0n) is 13.4. The Labute approximate surface area is 159 Å². The number of hydrogen-bond donors (Lipinski definition) is 0. The highest BCUT2D eigenvalue weighted by molar-refractivity contribution is 9.10. The van der Waals surface area contributed by atoms with Gasteiger partial charge >= 0.3 is 0 Å². The number of sulfonamides is 1. The minimum Gasteiger partial charge on any atom is -0.270 e. The molecule has 7 heteroatoms.